The van der Waals surface area contributed by atoms with Crippen molar-refractivity contribution in [1.82, 2.24) is 10.2 Å². The van der Waals surface area contributed by atoms with Crippen LogP contribution >= 0.6 is 15.9 Å². The maximum Gasteiger partial charge on any atom is 0.0467 e. The number of halogens is 1. The van der Waals surface area contributed by atoms with Gasteiger partial charge in [0.2, 0.25) is 0 Å². The van der Waals surface area contributed by atoms with Crippen LogP contribution in [0.4, 0.5) is 0 Å². The molecule has 2 rings (SSSR count). The van der Waals surface area contributed by atoms with Crippen LogP contribution in [0.1, 0.15) is 30.1 Å². The largest absolute Gasteiger partial charge is 0.308 e. The van der Waals surface area contributed by atoms with E-state index in [0.29, 0.717) is 12.1 Å². The third kappa shape index (κ3) is 4.67. The molecule has 112 valence electrons. The Kier molecular flexibility index (Phi) is 5.97. The summed E-state index contributed by atoms with van der Waals surface area (Å²) in [5.74, 6) is 0. The summed E-state index contributed by atoms with van der Waals surface area (Å²) in [6.07, 6.45) is 0. The van der Waals surface area contributed by atoms with E-state index in [1.54, 1.807) is 0 Å². The summed E-state index contributed by atoms with van der Waals surface area (Å²) < 4.78 is 1.12. The first-order valence-electron chi connectivity index (χ1n) is 7.28. The number of likely N-dealkylation sites (N-methyl/N-ethyl adjacent to an activating group) is 1. The highest BCUT2D eigenvalue weighted by Gasteiger charge is 2.15. The van der Waals surface area contributed by atoms with Gasteiger partial charge >= 0.3 is 0 Å². The first kappa shape index (κ1) is 16.2. The fraction of sp³-hybridized carbons (Fsp3) is 0.333. The van der Waals surface area contributed by atoms with E-state index >= 15 is 0 Å². The predicted molar refractivity (Wildman–Crippen MR) is 93.4 cm³/mol. The summed E-state index contributed by atoms with van der Waals surface area (Å²) in [6.45, 7) is 3.13. The van der Waals surface area contributed by atoms with Crippen molar-refractivity contribution >= 4 is 15.9 Å². The van der Waals surface area contributed by atoms with E-state index in [1.165, 1.54) is 11.1 Å². The van der Waals surface area contributed by atoms with Crippen molar-refractivity contribution < 1.29 is 0 Å². The Balaban J connectivity index is 2.00. The Morgan fingerprint density at radius 3 is 2.14 bits per heavy atom. The Labute approximate surface area is 136 Å². The van der Waals surface area contributed by atoms with Gasteiger partial charge in [0.25, 0.3) is 0 Å². The second kappa shape index (κ2) is 7.74. The van der Waals surface area contributed by atoms with Gasteiger partial charge in [-0.1, -0.05) is 58.4 Å². The summed E-state index contributed by atoms with van der Waals surface area (Å²) in [6, 6.07) is 19.9. The molecule has 0 aliphatic heterocycles. The van der Waals surface area contributed by atoms with E-state index in [2.05, 4.69) is 102 Å². The highest BCUT2D eigenvalue weighted by Crippen LogP contribution is 2.20. The average molecular weight is 347 g/mol. The fourth-order valence-corrected chi connectivity index (χ4v) is 2.70. The van der Waals surface area contributed by atoms with Gasteiger partial charge in [0.15, 0.2) is 0 Å². The first-order chi connectivity index (χ1) is 10.1. The standard InChI is InChI=1S/C18H23BrN2/c1-14(15-9-11-17(19)12-10-15)20-13-18(21(2)3)16-7-5-4-6-8-16/h4-12,14,18,20H,13H2,1-3H3. The van der Waals surface area contributed by atoms with Crippen LogP contribution in [0.25, 0.3) is 0 Å². The van der Waals surface area contributed by atoms with Gasteiger partial charge in [-0.2, -0.15) is 0 Å². The summed E-state index contributed by atoms with van der Waals surface area (Å²) >= 11 is 3.48. The van der Waals surface area contributed by atoms with Crippen LogP contribution in [-0.4, -0.2) is 25.5 Å². The zero-order valence-corrected chi connectivity index (χ0v) is 14.5. The highest BCUT2D eigenvalue weighted by molar-refractivity contribution is 9.10. The van der Waals surface area contributed by atoms with Crippen molar-refractivity contribution in [2.24, 2.45) is 0 Å². The third-order valence-electron chi connectivity index (χ3n) is 3.80. The molecule has 0 bridgehead atoms. The van der Waals surface area contributed by atoms with Crippen molar-refractivity contribution in [2.45, 2.75) is 19.0 Å². The normalized spacial score (nSPS) is 14.1. The predicted octanol–water partition coefficient (Wildman–Crippen LogP) is 4.40. The lowest BCUT2D eigenvalue weighted by Crippen LogP contribution is -2.32. The van der Waals surface area contributed by atoms with Crippen molar-refractivity contribution in [1.29, 1.82) is 0 Å². The molecule has 0 saturated heterocycles. The molecule has 21 heavy (non-hydrogen) atoms. The zero-order chi connectivity index (χ0) is 15.2. The summed E-state index contributed by atoms with van der Waals surface area (Å²) in [5, 5.41) is 3.64. The van der Waals surface area contributed by atoms with Gasteiger partial charge in [-0.3, -0.25) is 0 Å². The topological polar surface area (TPSA) is 15.3 Å². The van der Waals surface area contributed by atoms with Gasteiger partial charge in [-0.05, 0) is 44.3 Å². The summed E-state index contributed by atoms with van der Waals surface area (Å²) in [4.78, 5) is 2.26. The molecule has 0 radical (unpaired) electrons. The molecule has 0 fully saturated rings. The minimum atomic E-state index is 0.337. The Hall–Kier alpha value is -1.16. The van der Waals surface area contributed by atoms with Crippen LogP contribution in [0.2, 0.25) is 0 Å². The SMILES string of the molecule is CC(NCC(c1ccccc1)N(C)C)c1ccc(Br)cc1. The molecule has 0 aliphatic carbocycles. The zero-order valence-electron chi connectivity index (χ0n) is 12.9. The average Bonchev–Trinajstić information content (AvgIpc) is 2.48. The Bertz CT molecular complexity index is 537. The smallest absolute Gasteiger partial charge is 0.0467 e. The Morgan fingerprint density at radius 1 is 0.952 bits per heavy atom. The first-order valence-corrected chi connectivity index (χ1v) is 8.07. The van der Waals surface area contributed by atoms with Crippen LogP contribution < -0.4 is 5.32 Å². The van der Waals surface area contributed by atoms with Crippen LogP contribution in [0, 0.1) is 0 Å². The second-order valence-corrected chi connectivity index (χ2v) is 6.49. The van der Waals surface area contributed by atoms with E-state index < -0.39 is 0 Å². The van der Waals surface area contributed by atoms with E-state index in [-0.39, 0.29) is 0 Å². The molecule has 2 atom stereocenters. The van der Waals surface area contributed by atoms with Gasteiger partial charge in [0, 0.05) is 23.1 Å². The molecule has 2 aromatic rings. The third-order valence-corrected chi connectivity index (χ3v) is 4.32. The number of hydrogen-bond acceptors (Lipinski definition) is 2. The molecular weight excluding hydrogens is 324 g/mol. The maximum absolute atomic E-state index is 3.64. The lowest BCUT2D eigenvalue weighted by molar-refractivity contribution is 0.281. The van der Waals surface area contributed by atoms with Gasteiger partial charge in [-0.25, -0.2) is 0 Å². The highest BCUT2D eigenvalue weighted by atomic mass is 79.9. The number of rotatable bonds is 6. The number of hydrogen-bond donors (Lipinski definition) is 1. The van der Waals surface area contributed by atoms with Gasteiger partial charge in [-0.15, -0.1) is 0 Å². The maximum atomic E-state index is 3.64. The summed E-state index contributed by atoms with van der Waals surface area (Å²) in [7, 11) is 4.26. The number of nitrogens with zero attached hydrogens (tertiary/aromatic N) is 1. The van der Waals surface area contributed by atoms with Crippen LogP contribution in [0.5, 0.6) is 0 Å². The van der Waals surface area contributed by atoms with Gasteiger partial charge in [0.05, 0.1) is 0 Å². The van der Waals surface area contributed by atoms with Crippen molar-refractivity contribution in [3.05, 3.63) is 70.2 Å². The Morgan fingerprint density at radius 2 is 1.57 bits per heavy atom. The molecule has 2 nitrogen and oxygen atoms in total. The minimum Gasteiger partial charge on any atom is -0.308 e. The lowest BCUT2D eigenvalue weighted by atomic mass is 10.0. The quantitative estimate of drug-likeness (QED) is 0.833. The van der Waals surface area contributed by atoms with E-state index in [0.717, 1.165) is 11.0 Å². The number of nitrogens with one attached hydrogen (secondary N) is 1. The molecule has 1 N–H and O–H groups in total. The van der Waals surface area contributed by atoms with Gasteiger partial charge in [0.1, 0.15) is 0 Å². The van der Waals surface area contributed by atoms with Crippen LogP contribution in [0.15, 0.2) is 59.1 Å². The lowest BCUT2D eigenvalue weighted by Gasteiger charge is -2.27. The van der Waals surface area contributed by atoms with E-state index in [9.17, 15) is 0 Å². The fourth-order valence-electron chi connectivity index (χ4n) is 2.43. The molecule has 3 heteroatoms. The van der Waals surface area contributed by atoms with E-state index in [1.807, 2.05) is 0 Å². The van der Waals surface area contributed by atoms with Crippen molar-refractivity contribution in [3.8, 4) is 0 Å². The molecule has 0 aromatic heterocycles. The molecule has 0 aliphatic rings. The molecular formula is C18H23BrN2. The van der Waals surface area contributed by atoms with Crippen LogP contribution in [-0.2, 0) is 0 Å². The van der Waals surface area contributed by atoms with Crippen molar-refractivity contribution in [3.63, 3.8) is 0 Å². The second-order valence-electron chi connectivity index (χ2n) is 5.57. The molecule has 0 amide bonds. The van der Waals surface area contributed by atoms with Gasteiger partial charge < -0.3 is 10.2 Å². The molecule has 2 aromatic carbocycles. The minimum absolute atomic E-state index is 0.337. The molecule has 0 heterocycles. The molecule has 0 spiro atoms. The summed E-state index contributed by atoms with van der Waals surface area (Å²) in [5.41, 5.74) is 2.65. The monoisotopic (exact) mass is 346 g/mol. The van der Waals surface area contributed by atoms with E-state index in [4.69, 9.17) is 0 Å². The van der Waals surface area contributed by atoms with Crippen molar-refractivity contribution in [2.75, 3.05) is 20.6 Å². The molecule has 2 unspecified atom stereocenters. The van der Waals surface area contributed by atoms with Crippen LogP contribution in [0.3, 0.4) is 0 Å². The molecule has 0 saturated carbocycles. The number of benzene rings is 2.